The molecule has 2 fully saturated rings. The standard InChI is InChI=1S/C19H30FN5O3/c1-13(2)28-19(26)25-9-3-5-15(21)16(25)12-27-17-6-10-24(11-14(17)20)18-22-7-4-8-23-18/h4,7-8,13-17H,3,5-6,9-12,21H2,1-2H3/t14-,15+,16+,17-/m1/s1. The van der Waals surface area contributed by atoms with Crippen LogP contribution in [0.5, 0.6) is 0 Å². The van der Waals surface area contributed by atoms with Crippen molar-refractivity contribution in [2.45, 2.75) is 63.6 Å². The Kier molecular flexibility index (Phi) is 7.01. The number of halogens is 1. The van der Waals surface area contributed by atoms with Crippen LogP contribution in [0.3, 0.4) is 0 Å². The van der Waals surface area contributed by atoms with Crippen molar-refractivity contribution < 1.29 is 18.7 Å². The molecule has 0 aliphatic carbocycles. The second kappa shape index (κ2) is 9.47. The van der Waals surface area contributed by atoms with Gasteiger partial charge in [-0.1, -0.05) is 0 Å². The van der Waals surface area contributed by atoms with Crippen LogP contribution in [-0.2, 0) is 9.47 Å². The first-order chi connectivity index (χ1) is 13.5. The molecule has 0 unspecified atom stereocenters. The summed E-state index contributed by atoms with van der Waals surface area (Å²) in [5.74, 6) is 0.528. The number of hydrogen-bond acceptors (Lipinski definition) is 7. The Bertz CT molecular complexity index is 635. The van der Waals surface area contributed by atoms with Gasteiger partial charge in [0.1, 0.15) is 6.17 Å². The Morgan fingerprint density at radius 3 is 2.75 bits per heavy atom. The lowest BCUT2D eigenvalue weighted by atomic mass is 9.97. The number of likely N-dealkylation sites (tertiary alicyclic amines) is 1. The van der Waals surface area contributed by atoms with Gasteiger partial charge < -0.3 is 25.0 Å². The molecule has 0 aromatic carbocycles. The Morgan fingerprint density at radius 2 is 2.07 bits per heavy atom. The average molecular weight is 395 g/mol. The van der Waals surface area contributed by atoms with E-state index in [0.29, 0.717) is 25.5 Å². The summed E-state index contributed by atoms with van der Waals surface area (Å²) < 4.78 is 25.9. The molecular formula is C19H30FN5O3. The molecule has 3 rings (SSSR count). The minimum absolute atomic E-state index is 0.185. The summed E-state index contributed by atoms with van der Waals surface area (Å²) in [6, 6.07) is 1.22. The lowest BCUT2D eigenvalue weighted by Crippen LogP contribution is -2.57. The molecule has 2 aliphatic rings. The van der Waals surface area contributed by atoms with E-state index >= 15 is 0 Å². The van der Waals surface area contributed by atoms with Gasteiger partial charge in [-0.3, -0.25) is 0 Å². The van der Waals surface area contributed by atoms with Crippen LogP contribution in [0.25, 0.3) is 0 Å². The minimum atomic E-state index is -1.16. The molecule has 4 atom stereocenters. The van der Waals surface area contributed by atoms with E-state index in [-0.39, 0.29) is 37.4 Å². The largest absolute Gasteiger partial charge is 0.447 e. The van der Waals surface area contributed by atoms with E-state index in [1.807, 2.05) is 18.7 Å². The number of rotatable bonds is 5. The predicted molar refractivity (Wildman–Crippen MR) is 103 cm³/mol. The number of anilines is 1. The van der Waals surface area contributed by atoms with Crippen LogP contribution in [0.2, 0.25) is 0 Å². The van der Waals surface area contributed by atoms with E-state index in [1.165, 1.54) is 0 Å². The number of hydrogen-bond donors (Lipinski definition) is 1. The molecule has 0 radical (unpaired) electrons. The number of carbonyl (C=O) groups excluding carboxylic acids is 1. The number of piperidine rings is 2. The summed E-state index contributed by atoms with van der Waals surface area (Å²) in [6.45, 7) is 5.21. The van der Waals surface area contributed by atoms with Crippen LogP contribution in [0, 0.1) is 0 Å². The van der Waals surface area contributed by atoms with Crippen molar-refractivity contribution in [3.63, 3.8) is 0 Å². The summed E-state index contributed by atoms with van der Waals surface area (Å²) in [7, 11) is 0. The van der Waals surface area contributed by atoms with Crippen LogP contribution in [0.4, 0.5) is 15.1 Å². The maximum absolute atomic E-state index is 14.7. The quantitative estimate of drug-likeness (QED) is 0.812. The van der Waals surface area contributed by atoms with Crippen molar-refractivity contribution in [2.75, 3.05) is 31.1 Å². The summed E-state index contributed by atoms with van der Waals surface area (Å²) in [4.78, 5) is 24.2. The zero-order valence-corrected chi connectivity index (χ0v) is 16.5. The molecule has 1 aromatic rings. The molecule has 9 heteroatoms. The monoisotopic (exact) mass is 395 g/mol. The molecular weight excluding hydrogens is 365 g/mol. The lowest BCUT2D eigenvalue weighted by molar-refractivity contribution is -0.0490. The van der Waals surface area contributed by atoms with Gasteiger partial charge in [0.15, 0.2) is 0 Å². The van der Waals surface area contributed by atoms with Gasteiger partial charge in [-0.2, -0.15) is 0 Å². The van der Waals surface area contributed by atoms with E-state index in [2.05, 4.69) is 9.97 Å². The number of nitrogens with zero attached hydrogens (tertiary/aromatic N) is 4. The van der Waals surface area contributed by atoms with Crippen LogP contribution < -0.4 is 10.6 Å². The highest BCUT2D eigenvalue weighted by molar-refractivity contribution is 5.68. The molecule has 0 spiro atoms. The van der Waals surface area contributed by atoms with Crippen molar-refractivity contribution in [3.05, 3.63) is 18.5 Å². The number of alkyl halides is 1. The fraction of sp³-hybridized carbons (Fsp3) is 0.737. The Balaban J connectivity index is 1.55. The third-order valence-corrected chi connectivity index (χ3v) is 5.20. The lowest BCUT2D eigenvalue weighted by Gasteiger charge is -2.41. The summed E-state index contributed by atoms with van der Waals surface area (Å²) in [5, 5.41) is 0. The fourth-order valence-electron chi connectivity index (χ4n) is 3.73. The molecule has 2 N–H and O–H groups in total. The van der Waals surface area contributed by atoms with Crippen molar-refractivity contribution in [1.29, 1.82) is 0 Å². The number of amides is 1. The molecule has 1 amide bonds. The van der Waals surface area contributed by atoms with Crippen molar-refractivity contribution in [2.24, 2.45) is 5.73 Å². The second-order valence-electron chi connectivity index (χ2n) is 7.67. The summed E-state index contributed by atoms with van der Waals surface area (Å²) in [5.41, 5.74) is 6.24. The van der Waals surface area contributed by atoms with Crippen LogP contribution >= 0.6 is 0 Å². The Hall–Kier alpha value is -2.00. The van der Waals surface area contributed by atoms with E-state index in [0.717, 1.165) is 12.8 Å². The van der Waals surface area contributed by atoms with Crippen LogP contribution in [-0.4, -0.2) is 77.7 Å². The second-order valence-corrected chi connectivity index (χ2v) is 7.67. The molecule has 0 bridgehead atoms. The molecule has 28 heavy (non-hydrogen) atoms. The van der Waals surface area contributed by atoms with Gasteiger partial charge in [0, 0.05) is 31.5 Å². The van der Waals surface area contributed by atoms with Gasteiger partial charge >= 0.3 is 6.09 Å². The van der Waals surface area contributed by atoms with Gasteiger partial charge in [0.2, 0.25) is 5.95 Å². The Labute approximate surface area is 165 Å². The third kappa shape index (κ3) is 5.08. The van der Waals surface area contributed by atoms with E-state index in [1.54, 1.807) is 23.4 Å². The highest BCUT2D eigenvalue weighted by atomic mass is 19.1. The smallest absolute Gasteiger partial charge is 0.410 e. The molecule has 156 valence electrons. The molecule has 8 nitrogen and oxygen atoms in total. The van der Waals surface area contributed by atoms with Gasteiger partial charge in [0.25, 0.3) is 0 Å². The molecule has 1 aromatic heterocycles. The Morgan fingerprint density at radius 1 is 1.32 bits per heavy atom. The highest BCUT2D eigenvalue weighted by Gasteiger charge is 2.37. The average Bonchev–Trinajstić information content (AvgIpc) is 2.67. The number of nitrogens with two attached hydrogens (primary N) is 1. The number of carbonyl (C=O) groups is 1. The first-order valence-electron chi connectivity index (χ1n) is 9.96. The maximum atomic E-state index is 14.7. The van der Waals surface area contributed by atoms with Gasteiger partial charge in [-0.25, -0.2) is 19.2 Å². The van der Waals surface area contributed by atoms with Crippen LogP contribution in [0.1, 0.15) is 33.1 Å². The third-order valence-electron chi connectivity index (χ3n) is 5.20. The molecule has 2 saturated heterocycles. The fourth-order valence-corrected chi connectivity index (χ4v) is 3.73. The van der Waals surface area contributed by atoms with E-state index < -0.39 is 12.3 Å². The topological polar surface area (TPSA) is 93.8 Å². The van der Waals surface area contributed by atoms with Crippen molar-refractivity contribution >= 4 is 12.0 Å². The predicted octanol–water partition coefficient (Wildman–Crippen LogP) is 1.75. The first kappa shape index (κ1) is 20.7. The highest BCUT2D eigenvalue weighted by Crippen LogP contribution is 2.23. The van der Waals surface area contributed by atoms with Gasteiger partial charge in [-0.05, 0) is 39.2 Å². The van der Waals surface area contributed by atoms with E-state index in [4.69, 9.17) is 15.2 Å². The van der Waals surface area contributed by atoms with Crippen LogP contribution in [0.15, 0.2) is 18.5 Å². The normalized spacial score (nSPS) is 28.5. The SMILES string of the molecule is CC(C)OC(=O)N1CCC[C@H](N)[C@@H]1CO[C@@H]1CCN(c2ncccn2)C[C@H]1F. The van der Waals surface area contributed by atoms with Crippen molar-refractivity contribution in [1.82, 2.24) is 14.9 Å². The first-order valence-corrected chi connectivity index (χ1v) is 9.96. The molecule has 0 saturated carbocycles. The maximum Gasteiger partial charge on any atom is 0.410 e. The van der Waals surface area contributed by atoms with Gasteiger partial charge in [-0.15, -0.1) is 0 Å². The minimum Gasteiger partial charge on any atom is -0.447 e. The number of aromatic nitrogens is 2. The van der Waals surface area contributed by atoms with Gasteiger partial charge in [0.05, 0.1) is 31.4 Å². The zero-order chi connectivity index (χ0) is 20.1. The molecule has 2 aliphatic heterocycles. The zero-order valence-electron chi connectivity index (χ0n) is 16.5. The van der Waals surface area contributed by atoms with E-state index in [9.17, 15) is 9.18 Å². The summed E-state index contributed by atoms with van der Waals surface area (Å²) in [6.07, 6.45) is 3.18. The number of ether oxygens (including phenoxy) is 2. The van der Waals surface area contributed by atoms with Crippen molar-refractivity contribution in [3.8, 4) is 0 Å². The molecule has 3 heterocycles. The summed E-state index contributed by atoms with van der Waals surface area (Å²) >= 11 is 0.